The zero-order valence-corrected chi connectivity index (χ0v) is 16.3. The van der Waals surface area contributed by atoms with Crippen LogP contribution in [-0.2, 0) is 23.9 Å². The number of carbonyl (C=O) groups is 3. The van der Waals surface area contributed by atoms with E-state index in [2.05, 4.69) is 13.8 Å². The summed E-state index contributed by atoms with van der Waals surface area (Å²) in [5.74, 6) is -3.11. The molecule has 0 aliphatic carbocycles. The summed E-state index contributed by atoms with van der Waals surface area (Å²) < 4.78 is 42.0. The lowest BCUT2D eigenvalue weighted by molar-refractivity contribution is -0.193. The van der Waals surface area contributed by atoms with E-state index in [-0.39, 0.29) is 30.2 Å². The molecule has 0 radical (unpaired) electrons. The van der Waals surface area contributed by atoms with E-state index in [1.165, 1.54) is 0 Å². The lowest BCUT2D eigenvalue weighted by atomic mass is 9.94. The molecule has 0 aliphatic heterocycles. The number of aliphatic carboxylic acids is 1. The minimum atomic E-state index is -5.08. The summed E-state index contributed by atoms with van der Waals surface area (Å²) in [6.45, 7) is 9.92. The van der Waals surface area contributed by atoms with Gasteiger partial charge in [-0.25, -0.2) is 4.79 Å². The molecule has 0 spiro atoms. The minimum absolute atomic E-state index is 0.112. The van der Waals surface area contributed by atoms with Gasteiger partial charge in [-0.3, -0.25) is 9.59 Å². The van der Waals surface area contributed by atoms with Crippen LogP contribution in [0.2, 0.25) is 0 Å². The molecule has 0 aromatic heterocycles. The molecule has 0 aromatic rings. The van der Waals surface area contributed by atoms with E-state index in [4.69, 9.17) is 25.1 Å². The summed E-state index contributed by atoms with van der Waals surface area (Å²) in [7, 11) is 0. The molecule has 0 rings (SSSR count). The molecule has 2 unspecified atom stereocenters. The first kappa shape index (κ1) is 27.4. The zero-order chi connectivity index (χ0) is 21.8. The molecule has 7 nitrogen and oxygen atoms in total. The van der Waals surface area contributed by atoms with Crippen molar-refractivity contribution in [2.24, 2.45) is 23.5 Å². The highest BCUT2D eigenvalue weighted by Gasteiger charge is 2.38. The quantitative estimate of drug-likeness (QED) is 0.450. The fourth-order valence-corrected chi connectivity index (χ4v) is 1.82. The van der Waals surface area contributed by atoms with E-state index in [1.54, 1.807) is 20.8 Å². The summed E-state index contributed by atoms with van der Waals surface area (Å²) in [4.78, 5) is 32.2. The number of esters is 2. The number of alkyl halides is 3. The third-order valence-corrected chi connectivity index (χ3v) is 3.15. The molecule has 3 N–H and O–H groups in total. The van der Waals surface area contributed by atoms with Gasteiger partial charge in [-0.15, -0.1) is 0 Å². The first-order chi connectivity index (χ1) is 12.2. The van der Waals surface area contributed by atoms with Crippen molar-refractivity contribution < 1.29 is 42.1 Å². The average molecular weight is 401 g/mol. The van der Waals surface area contributed by atoms with Gasteiger partial charge in [0.25, 0.3) is 0 Å². The van der Waals surface area contributed by atoms with Crippen LogP contribution in [0.25, 0.3) is 0 Å². The lowest BCUT2D eigenvalue weighted by Crippen LogP contribution is -2.28. The molecule has 10 heteroatoms. The highest BCUT2D eigenvalue weighted by molar-refractivity contribution is 5.73. The molecule has 0 saturated carbocycles. The Labute approximate surface area is 157 Å². The van der Waals surface area contributed by atoms with E-state index in [9.17, 15) is 22.8 Å². The number of carbonyl (C=O) groups excluding carboxylic acids is 2. The van der Waals surface area contributed by atoms with Crippen LogP contribution in [0, 0.1) is 17.8 Å². The normalized spacial score (nSPS) is 13.4. The predicted octanol–water partition coefficient (Wildman–Crippen LogP) is 3.11. The minimum Gasteiger partial charge on any atom is -0.475 e. The van der Waals surface area contributed by atoms with Crippen molar-refractivity contribution in [2.75, 3.05) is 6.54 Å². The van der Waals surface area contributed by atoms with Crippen molar-refractivity contribution in [1.82, 2.24) is 0 Å². The van der Waals surface area contributed by atoms with Crippen LogP contribution in [0.4, 0.5) is 13.2 Å². The van der Waals surface area contributed by atoms with Crippen molar-refractivity contribution in [3.63, 3.8) is 0 Å². The van der Waals surface area contributed by atoms with E-state index < -0.39 is 18.4 Å². The van der Waals surface area contributed by atoms with Gasteiger partial charge in [-0.1, -0.05) is 34.6 Å². The molecule has 0 bridgehead atoms. The number of ether oxygens (including phenoxy) is 2. The van der Waals surface area contributed by atoms with Crippen LogP contribution in [0.15, 0.2) is 0 Å². The first-order valence-corrected chi connectivity index (χ1v) is 8.64. The topological polar surface area (TPSA) is 116 Å². The lowest BCUT2D eigenvalue weighted by Gasteiger charge is -2.20. The maximum Gasteiger partial charge on any atom is 0.490 e. The molecule has 160 valence electrons. The molecule has 0 amide bonds. The van der Waals surface area contributed by atoms with Gasteiger partial charge in [0, 0.05) is 12.8 Å². The Kier molecular flexibility index (Phi) is 13.5. The van der Waals surface area contributed by atoms with E-state index in [1.807, 2.05) is 0 Å². The van der Waals surface area contributed by atoms with Gasteiger partial charge >= 0.3 is 24.1 Å². The van der Waals surface area contributed by atoms with Crippen LogP contribution in [-0.4, -0.2) is 42.0 Å². The van der Waals surface area contributed by atoms with Crippen molar-refractivity contribution in [2.45, 2.75) is 66.3 Å². The highest BCUT2D eigenvalue weighted by atomic mass is 19.4. The van der Waals surface area contributed by atoms with Gasteiger partial charge in [0.1, 0.15) is 0 Å². The van der Waals surface area contributed by atoms with Gasteiger partial charge in [0.15, 0.2) is 0 Å². The number of nitrogens with two attached hydrogens (primary N) is 1. The van der Waals surface area contributed by atoms with E-state index >= 15 is 0 Å². The molecule has 0 fully saturated rings. The van der Waals surface area contributed by atoms with Crippen molar-refractivity contribution in [3.8, 4) is 0 Å². The van der Waals surface area contributed by atoms with Crippen molar-refractivity contribution in [1.29, 1.82) is 0 Å². The number of carboxylic acids is 1. The number of carboxylic acid groups (broad SMARTS) is 1. The van der Waals surface area contributed by atoms with Gasteiger partial charge in [0.2, 0.25) is 6.29 Å². The SMILES string of the molecule is CCC(OC(=O)CC(CN)CC(C)C)OC(=O)C(C)C.O=C(O)C(F)(F)F. The van der Waals surface area contributed by atoms with Crippen LogP contribution >= 0.6 is 0 Å². The Morgan fingerprint density at radius 3 is 1.85 bits per heavy atom. The van der Waals surface area contributed by atoms with Crippen molar-refractivity contribution in [3.05, 3.63) is 0 Å². The second kappa shape index (κ2) is 13.3. The zero-order valence-electron chi connectivity index (χ0n) is 16.3. The third kappa shape index (κ3) is 15.0. The fourth-order valence-electron chi connectivity index (χ4n) is 1.82. The predicted molar refractivity (Wildman–Crippen MR) is 91.4 cm³/mol. The molecule has 0 saturated heterocycles. The highest BCUT2D eigenvalue weighted by Crippen LogP contribution is 2.16. The Bertz CT molecular complexity index is 466. The van der Waals surface area contributed by atoms with Gasteiger partial charge < -0.3 is 20.3 Å². The summed E-state index contributed by atoms with van der Waals surface area (Å²) in [5, 5.41) is 7.12. The molecule has 0 heterocycles. The molecule has 27 heavy (non-hydrogen) atoms. The molecule has 2 atom stereocenters. The standard InChI is InChI=1S/C15H29NO4.C2HF3O2/c1-6-14(20-15(18)11(4)5)19-13(17)8-12(9-16)7-10(2)3;3-2(4,5)1(6)7/h10-12,14H,6-9,16H2,1-5H3;(H,6,7). The largest absolute Gasteiger partial charge is 0.490 e. The third-order valence-electron chi connectivity index (χ3n) is 3.15. The van der Waals surface area contributed by atoms with Gasteiger partial charge in [-0.05, 0) is 24.8 Å². The van der Waals surface area contributed by atoms with Gasteiger partial charge in [-0.2, -0.15) is 13.2 Å². The Morgan fingerprint density at radius 2 is 1.56 bits per heavy atom. The molecule has 0 aromatic carbocycles. The van der Waals surface area contributed by atoms with Crippen LogP contribution < -0.4 is 5.73 Å². The smallest absolute Gasteiger partial charge is 0.475 e. The van der Waals surface area contributed by atoms with E-state index in [0.29, 0.717) is 18.9 Å². The summed E-state index contributed by atoms with van der Waals surface area (Å²) in [5.41, 5.74) is 5.66. The molecular weight excluding hydrogens is 371 g/mol. The van der Waals surface area contributed by atoms with Crippen LogP contribution in [0.3, 0.4) is 0 Å². The van der Waals surface area contributed by atoms with Crippen LogP contribution in [0.5, 0.6) is 0 Å². The maximum atomic E-state index is 11.8. The number of rotatable bonds is 9. The van der Waals surface area contributed by atoms with Crippen LogP contribution in [0.1, 0.15) is 53.9 Å². The van der Waals surface area contributed by atoms with E-state index in [0.717, 1.165) is 6.42 Å². The number of hydrogen-bond acceptors (Lipinski definition) is 6. The molecule has 0 aliphatic rings. The second-order valence-corrected chi connectivity index (χ2v) is 6.66. The Morgan fingerprint density at radius 1 is 1.07 bits per heavy atom. The number of halogens is 3. The summed E-state index contributed by atoms with van der Waals surface area (Å²) in [6, 6.07) is 0. The molecular formula is C17H30F3NO6. The first-order valence-electron chi connectivity index (χ1n) is 8.64. The summed E-state index contributed by atoms with van der Waals surface area (Å²) >= 11 is 0. The number of hydrogen-bond donors (Lipinski definition) is 2. The Balaban J connectivity index is 0. The van der Waals surface area contributed by atoms with Crippen molar-refractivity contribution >= 4 is 17.9 Å². The average Bonchev–Trinajstić information content (AvgIpc) is 2.52. The fraction of sp³-hybridized carbons (Fsp3) is 0.824. The Hall–Kier alpha value is -1.84. The monoisotopic (exact) mass is 401 g/mol. The summed E-state index contributed by atoms with van der Waals surface area (Å²) in [6.07, 6.45) is -4.28. The maximum absolute atomic E-state index is 11.8. The van der Waals surface area contributed by atoms with Gasteiger partial charge in [0.05, 0.1) is 5.92 Å². The second-order valence-electron chi connectivity index (χ2n) is 6.66.